The summed E-state index contributed by atoms with van der Waals surface area (Å²) in [5, 5.41) is -0.0964. The topological polar surface area (TPSA) is 52.0 Å². The van der Waals surface area contributed by atoms with Gasteiger partial charge in [-0.2, -0.15) is 13.2 Å². The number of hydrogen-bond donors (Lipinski definition) is 0. The fourth-order valence-electron chi connectivity index (χ4n) is 2.04. The van der Waals surface area contributed by atoms with Gasteiger partial charge >= 0.3 is 5.51 Å². The first-order valence-electron chi connectivity index (χ1n) is 5.72. The second kappa shape index (κ2) is 5.35. The number of nitrogens with zero attached hydrogens (tertiary/aromatic N) is 2. The number of alkyl halides is 3. The predicted molar refractivity (Wildman–Crippen MR) is 65.5 cm³/mol. The molecular formula is C10H13F3N2O2S2. The van der Waals surface area contributed by atoms with Crippen LogP contribution in [0, 0.1) is 5.92 Å². The van der Waals surface area contributed by atoms with E-state index in [1.807, 2.05) is 0 Å². The van der Waals surface area contributed by atoms with Crippen molar-refractivity contribution in [3.8, 4) is 0 Å². The Labute approximate surface area is 113 Å². The van der Waals surface area contributed by atoms with Crippen LogP contribution in [-0.2, 0) is 16.4 Å². The van der Waals surface area contributed by atoms with Crippen LogP contribution in [0.5, 0.6) is 0 Å². The van der Waals surface area contributed by atoms with Crippen LogP contribution in [-0.4, -0.2) is 35.0 Å². The van der Waals surface area contributed by atoms with Crippen LogP contribution >= 0.6 is 11.8 Å². The molecule has 1 aromatic rings. The molecule has 1 fully saturated rings. The first-order valence-corrected chi connectivity index (χ1v) is 8.36. The Balaban J connectivity index is 1.99. The summed E-state index contributed by atoms with van der Waals surface area (Å²) in [6.45, 7) is 0.383. The highest BCUT2D eigenvalue weighted by Crippen LogP contribution is 2.36. The van der Waals surface area contributed by atoms with Gasteiger partial charge in [-0.25, -0.2) is 13.4 Å². The number of rotatable bonds is 3. The molecule has 0 radical (unpaired) electrons. The molecule has 9 heteroatoms. The summed E-state index contributed by atoms with van der Waals surface area (Å²) < 4.78 is 60.9. The van der Waals surface area contributed by atoms with Gasteiger partial charge in [0.15, 0.2) is 5.16 Å². The number of aromatic nitrogens is 2. The number of halogens is 3. The molecule has 4 nitrogen and oxygen atoms in total. The number of hydrogen-bond acceptors (Lipinski definition) is 4. The molecule has 0 unspecified atom stereocenters. The van der Waals surface area contributed by atoms with Crippen LogP contribution in [0.3, 0.4) is 0 Å². The zero-order valence-corrected chi connectivity index (χ0v) is 11.6. The predicted octanol–water partition coefficient (Wildman–Crippen LogP) is 2.32. The second-order valence-electron chi connectivity index (χ2n) is 4.51. The molecule has 2 rings (SSSR count). The Hall–Kier alpha value is -0.700. The molecule has 0 atom stereocenters. The van der Waals surface area contributed by atoms with Gasteiger partial charge in [0.1, 0.15) is 9.84 Å². The monoisotopic (exact) mass is 314 g/mol. The molecule has 0 spiro atoms. The molecule has 1 aliphatic rings. The van der Waals surface area contributed by atoms with Crippen LogP contribution in [0.25, 0.3) is 0 Å². The van der Waals surface area contributed by atoms with E-state index in [0.717, 1.165) is 0 Å². The third kappa shape index (κ3) is 4.41. The molecule has 0 aromatic carbocycles. The number of thioether (sulfide) groups is 1. The minimum absolute atomic E-state index is 0.0882. The van der Waals surface area contributed by atoms with Gasteiger partial charge in [0.25, 0.3) is 0 Å². The van der Waals surface area contributed by atoms with Crippen molar-refractivity contribution in [1.29, 1.82) is 0 Å². The maximum absolute atomic E-state index is 12.3. The molecular weight excluding hydrogens is 301 g/mol. The highest BCUT2D eigenvalue weighted by molar-refractivity contribution is 8.00. The Morgan fingerprint density at radius 3 is 2.58 bits per heavy atom. The van der Waals surface area contributed by atoms with Crippen LogP contribution in [0.1, 0.15) is 12.8 Å². The summed E-state index contributed by atoms with van der Waals surface area (Å²) in [6.07, 6.45) is 3.82. The molecule has 0 aliphatic carbocycles. The highest BCUT2D eigenvalue weighted by Gasteiger charge is 2.32. The average molecular weight is 314 g/mol. The molecule has 108 valence electrons. The summed E-state index contributed by atoms with van der Waals surface area (Å²) in [6, 6.07) is 0. The van der Waals surface area contributed by atoms with E-state index in [2.05, 4.69) is 4.98 Å². The quantitative estimate of drug-likeness (QED) is 0.804. The maximum Gasteiger partial charge on any atom is 0.449 e. The Kier molecular flexibility index (Phi) is 4.14. The van der Waals surface area contributed by atoms with Gasteiger partial charge in [-0.05, 0) is 18.8 Å². The molecule has 19 heavy (non-hydrogen) atoms. The summed E-state index contributed by atoms with van der Waals surface area (Å²) in [5.74, 6) is 0.327. The first kappa shape index (κ1) is 14.7. The first-order chi connectivity index (χ1) is 8.75. The molecule has 0 N–H and O–H groups in total. The smallest absolute Gasteiger partial charge is 0.326 e. The van der Waals surface area contributed by atoms with Crippen molar-refractivity contribution in [2.75, 3.05) is 11.5 Å². The fraction of sp³-hybridized carbons (Fsp3) is 0.700. The average Bonchev–Trinajstić information content (AvgIpc) is 2.66. The highest BCUT2D eigenvalue weighted by atomic mass is 32.2. The standard InChI is InChI=1S/C10H13F3N2O2S2/c11-10(12,13)18-9-14-3-4-15(9)7-8-1-5-19(16,17)6-2-8/h3-4,8H,1-2,5-7H2. The van der Waals surface area contributed by atoms with Gasteiger partial charge in [-0.3, -0.25) is 0 Å². The molecule has 2 heterocycles. The lowest BCUT2D eigenvalue weighted by Crippen LogP contribution is -2.26. The van der Waals surface area contributed by atoms with E-state index >= 15 is 0 Å². The van der Waals surface area contributed by atoms with Gasteiger partial charge in [0.2, 0.25) is 0 Å². The van der Waals surface area contributed by atoms with E-state index in [0.29, 0.717) is 19.4 Å². The summed E-state index contributed by atoms with van der Waals surface area (Å²) in [5.41, 5.74) is -4.36. The van der Waals surface area contributed by atoms with Gasteiger partial charge in [-0.15, -0.1) is 0 Å². The van der Waals surface area contributed by atoms with Crippen molar-refractivity contribution in [2.24, 2.45) is 5.92 Å². The third-order valence-electron chi connectivity index (χ3n) is 3.01. The van der Waals surface area contributed by atoms with Crippen LogP contribution < -0.4 is 0 Å². The van der Waals surface area contributed by atoms with E-state index in [4.69, 9.17) is 0 Å². The van der Waals surface area contributed by atoms with Crippen LogP contribution in [0.4, 0.5) is 13.2 Å². The van der Waals surface area contributed by atoms with Crippen LogP contribution in [0.15, 0.2) is 17.6 Å². The summed E-state index contributed by atoms with van der Waals surface area (Å²) >= 11 is -0.244. The largest absolute Gasteiger partial charge is 0.449 e. The molecule has 0 amide bonds. The molecule has 1 aliphatic heterocycles. The van der Waals surface area contributed by atoms with Crippen LogP contribution in [0.2, 0.25) is 0 Å². The van der Waals surface area contributed by atoms with Crippen molar-refractivity contribution in [2.45, 2.75) is 30.1 Å². The number of sulfone groups is 1. The van der Waals surface area contributed by atoms with Gasteiger partial charge in [0.05, 0.1) is 11.5 Å². The van der Waals surface area contributed by atoms with Crippen molar-refractivity contribution in [3.63, 3.8) is 0 Å². The van der Waals surface area contributed by atoms with E-state index < -0.39 is 15.3 Å². The minimum Gasteiger partial charge on any atom is -0.326 e. The SMILES string of the molecule is O=S1(=O)CCC(Cn2ccnc2SC(F)(F)F)CC1. The van der Waals surface area contributed by atoms with Crippen molar-refractivity contribution in [3.05, 3.63) is 12.4 Å². The van der Waals surface area contributed by atoms with Crippen molar-refractivity contribution >= 4 is 21.6 Å². The Morgan fingerprint density at radius 1 is 1.37 bits per heavy atom. The Bertz CT molecular complexity index is 525. The van der Waals surface area contributed by atoms with Gasteiger partial charge in [-0.1, -0.05) is 0 Å². The fourth-order valence-corrected chi connectivity index (χ4v) is 4.20. The van der Waals surface area contributed by atoms with E-state index in [-0.39, 0.29) is 34.3 Å². The second-order valence-corrected chi connectivity index (χ2v) is 7.84. The van der Waals surface area contributed by atoms with E-state index in [1.54, 1.807) is 0 Å². The molecule has 1 saturated heterocycles. The van der Waals surface area contributed by atoms with E-state index in [9.17, 15) is 21.6 Å². The minimum atomic E-state index is -4.36. The van der Waals surface area contributed by atoms with Gasteiger partial charge < -0.3 is 4.57 Å². The lowest BCUT2D eigenvalue weighted by atomic mass is 10.0. The lowest BCUT2D eigenvalue weighted by molar-refractivity contribution is -0.0332. The zero-order valence-electron chi connectivity index (χ0n) is 9.93. The van der Waals surface area contributed by atoms with E-state index in [1.165, 1.54) is 17.0 Å². The normalized spacial score (nSPS) is 20.6. The lowest BCUT2D eigenvalue weighted by Gasteiger charge is -2.22. The van der Waals surface area contributed by atoms with Crippen molar-refractivity contribution in [1.82, 2.24) is 9.55 Å². The Morgan fingerprint density at radius 2 is 2.00 bits per heavy atom. The third-order valence-corrected chi connectivity index (χ3v) is 5.48. The summed E-state index contributed by atoms with van der Waals surface area (Å²) in [4.78, 5) is 3.68. The number of imidazole rings is 1. The molecule has 1 aromatic heterocycles. The zero-order chi connectivity index (χ0) is 14.1. The molecule has 0 bridgehead atoms. The summed E-state index contributed by atoms with van der Waals surface area (Å²) in [7, 11) is -2.94. The van der Waals surface area contributed by atoms with Crippen molar-refractivity contribution < 1.29 is 21.6 Å². The molecule has 0 saturated carbocycles. The maximum atomic E-state index is 12.3. The van der Waals surface area contributed by atoms with Gasteiger partial charge in [0, 0.05) is 30.7 Å².